The lowest BCUT2D eigenvalue weighted by Gasteiger charge is -2.12. The number of hydrogen-bond acceptors (Lipinski definition) is 2. The Balaban J connectivity index is 1.91. The van der Waals surface area contributed by atoms with Crippen LogP contribution in [0.2, 0.25) is 0 Å². The quantitative estimate of drug-likeness (QED) is 0.855. The van der Waals surface area contributed by atoms with E-state index in [1.165, 1.54) is 0 Å². The van der Waals surface area contributed by atoms with Crippen molar-refractivity contribution >= 4 is 11.7 Å². The van der Waals surface area contributed by atoms with Crippen molar-refractivity contribution < 1.29 is 9.53 Å². The van der Waals surface area contributed by atoms with Crippen molar-refractivity contribution in [1.82, 2.24) is 5.32 Å². The summed E-state index contributed by atoms with van der Waals surface area (Å²) < 4.78 is 5.69. The molecule has 0 spiro atoms. The van der Waals surface area contributed by atoms with E-state index in [2.05, 4.69) is 10.6 Å². The second-order valence-corrected chi connectivity index (χ2v) is 4.85. The van der Waals surface area contributed by atoms with E-state index in [-0.39, 0.29) is 12.1 Å². The zero-order chi connectivity index (χ0) is 15.1. The molecule has 0 bridgehead atoms. The predicted octanol–water partition coefficient (Wildman–Crippen LogP) is 4.40. The minimum absolute atomic E-state index is 0.158. The van der Waals surface area contributed by atoms with Gasteiger partial charge in [0.2, 0.25) is 0 Å². The zero-order valence-corrected chi connectivity index (χ0v) is 12.3. The first-order chi connectivity index (χ1) is 10.2. The Labute approximate surface area is 125 Å². The van der Waals surface area contributed by atoms with E-state index in [1.54, 1.807) is 0 Å². The monoisotopic (exact) mass is 284 g/mol. The molecule has 4 heteroatoms. The molecule has 4 nitrogen and oxygen atoms in total. The molecule has 2 aromatic rings. The van der Waals surface area contributed by atoms with E-state index >= 15 is 0 Å². The van der Waals surface area contributed by atoms with Crippen LogP contribution in [0.15, 0.2) is 54.6 Å². The second-order valence-electron chi connectivity index (χ2n) is 4.85. The Hall–Kier alpha value is -2.49. The second kappa shape index (κ2) is 7.33. The third kappa shape index (κ3) is 4.84. The van der Waals surface area contributed by atoms with Gasteiger partial charge in [-0.15, -0.1) is 0 Å². The average molecular weight is 284 g/mol. The van der Waals surface area contributed by atoms with E-state index in [0.717, 1.165) is 23.6 Å². The van der Waals surface area contributed by atoms with E-state index in [0.29, 0.717) is 0 Å². The molecular weight excluding hydrogens is 264 g/mol. The lowest BCUT2D eigenvalue weighted by molar-refractivity contribution is 0.249. The molecular formula is C17H20N2O2. The summed E-state index contributed by atoms with van der Waals surface area (Å²) in [5.41, 5.74) is 0.733. The number of carbonyl (C=O) groups is 1. The number of benzene rings is 2. The first-order valence-corrected chi connectivity index (χ1v) is 7.08. The predicted molar refractivity (Wildman–Crippen MR) is 84.9 cm³/mol. The molecule has 0 aromatic heterocycles. The maximum Gasteiger partial charge on any atom is 0.319 e. The largest absolute Gasteiger partial charge is 0.457 e. The van der Waals surface area contributed by atoms with Crippen LogP contribution >= 0.6 is 0 Å². The smallest absolute Gasteiger partial charge is 0.319 e. The van der Waals surface area contributed by atoms with Gasteiger partial charge in [0.25, 0.3) is 0 Å². The summed E-state index contributed by atoms with van der Waals surface area (Å²) in [7, 11) is 0. The van der Waals surface area contributed by atoms with Gasteiger partial charge in [-0.3, -0.25) is 0 Å². The van der Waals surface area contributed by atoms with Crippen molar-refractivity contribution in [2.75, 3.05) is 5.32 Å². The average Bonchev–Trinajstić information content (AvgIpc) is 2.50. The number of rotatable bonds is 5. The molecule has 1 atom stereocenters. The number of nitrogens with one attached hydrogen (secondary N) is 2. The van der Waals surface area contributed by atoms with Gasteiger partial charge >= 0.3 is 6.03 Å². The van der Waals surface area contributed by atoms with Crippen LogP contribution in [0, 0.1) is 0 Å². The molecule has 0 aliphatic heterocycles. The summed E-state index contributed by atoms with van der Waals surface area (Å²) in [6, 6.07) is 16.8. The van der Waals surface area contributed by atoms with E-state index in [1.807, 2.05) is 68.4 Å². The highest BCUT2D eigenvalue weighted by Crippen LogP contribution is 2.22. The molecule has 2 aromatic carbocycles. The van der Waals surface area contributed by atoms with Crippen molar-refractivity contribution in [3.05, 3.63) is 54.6 Å². The van der Waals surface area contributed by atoms with Crippen LogP contribution in [-0.4, -0.2) is 12.1 Å². The van der Waals surface area contributed by atoms with Gasteiger partial charge in [0.15, 0.2) is 0 Å². The SMILES string of the molecule is CCC(C)NC(=O)Nc1ccc(Oc2ccccc2)cc1. The molecule has 0 heterocycles. The molecule has 21 heavy (non-hydrogen) atoms. The van der Waals surface area contributed by atoms with Gasteiger partial charge in [0.1, 0.15) is 11.5 Å². The molecule has 0 aliphatic carbocycles. The molecule has 2 rings (SSSR count). The normalized spacial score (nSPS) is 11.5. The van der Waals surface area contributed by atoms with E-state index in [4.69, 9.17) is 4.74 Å². The Morgan fingerprint density at radius 2 is 1.67 bits per heavy atom. The fourth-order valence-electron chi connectivity index (χ4n) is 1.72. The Bertz CT molecular complexity index is 567. The highest BCUT2D eigenvalue weighted by Gasteiger charge is 2.05. The Morgan fingerprint density at radius 1 is 1.05 bits per heavy atom. The van der Waals surface area contributed by atoms with E-state index in [9.17, 15) is 4.79 Å². The highest BCUT2D eigenvalue weighted by atomic mass is 16.5. The van der Waals surface area contributed by atoms with Crippen molar-refractivity contribution in [3.63, 3.8) is 0 Å². The van der Waals surface area contributed by atoms with Crippen molar-refractivity contribution in [2.24, 2.45) is 0 Å². The summed E-state index contributed by atoms with van der Waals surface area (Å²) in [4.78, 5) is 11.7. The minimum Gasteiger partial charge on any atom is -0.457 e. The number of carbonyl (C=O) groups excluding carboxylic acids is 1. The maximum atomic E-state index is 11.7. The van der Waals surface area contributed by atoms with E-state index < -0.39 is 0 Å². The number of hydrogen-bond donors (Lipinski definition) is 2. The van der Waals surface area contributed by atoms with Crippen LogP contribution in [0.1, 0.15) is 20.3 Å². The van der Waals surface area contributed by atoms with Gasteiger partial charge in [-0.25, -0.2) is 4.79 Å². The van der Waals surface area contributed by atoms with Crippen molar-refractivity contribution in [3.8, 4) is 11.5 Å². The summed E-state index contributed by atoms with van der Waals surface area (Å²) >= 11 is 0. The zero-order valence-electron chi connectivity index (χ0n) is 12.3. The van der Waals surface area contributed by atoms with Crippen LogP contribution in [-0.2, 0) is 0 Å². The van der Waals surface area contributed by atoms with Gasteiger partial charge < -0.3 is 15.4 Å². The minimum atomic E-state index is -0.193. The standard InChI is InChI=1S/C17H20N2O2/c1-3-13(2)18-17(20)19-14-9-11-16(12-10-14)21-15-7-5-4-6-8-15/h4-13H,3H2,1-2H3,(H2,18,19,20). The van der Waals surface area contributed by atoms with Gasteiger partial charge in [0, 0.05) is 11.7 Å². The lowest BCUT2D eigenvalue weighted by Crippen LogP contribution is -2.35. The van der Waals surface area contributed by atoms with Crippen LogP contribution in [0.25, 0.3) is 0 Å². The van der Waals surface area contributed by atoms with Crippen molar-refractivity contribution in [2.45, 2.75) is 26.3 Å². The first-order valence-electron chi connectivity index (χ1n) is 7.08. The fourth-order valence-corrected chi connectivity index (χ4v) is 1.72. The number of ether oxygens (including phenoxy) is 1. The molecule has 0 fully saturated rings. The van der Waals surface area contributed by atoms with Crippen LogP contribution < -0.4 is 15.4 Å². The van der Waals surface area contributed by atoms with Gasteiger partial charge in [-0.05, 0) is 49.7 Å². The molecule has 110 valence electrons. The van der Waals surface area contributed by atoms with Crippen molar-refractivity contribution in [1.29, 1.82) is 0 Å². The van der Waals surface area contributed by atoms with Crippen LogP contribution in [0.4, 0.5) is 10.5 Å². The Morgan fingerprint density at radius 3 is 2.29 bits per heavy atom. The maximum absolute atomic E-state index is 11.7. The molecule has 2 N–H and O–H groups in total. The van der Waals surface area contributed by atoms with Gasteiger partial charge in [0.05, 0.1) is 0 Å². The molecule has 0 saturated heterocycles. The molecule has 0 radical (unpaired) electrons. The topological polar surface area (TPSA) is 50.4 Å². The Kier molecular flexibility index (Phi) is 5.21. The first kappa shape index (κ1) is 14.9. The summed E-state index contributed by atoms with van der Waals surface area (Å²) in [5.74, 6) is 1.52. The fraction of sp³-hybridized carbons (Fsp3) is 0.235. The molecule has 2 amide bonds. The molecule has 1 unspecified atom stereocenters. The molecule has 0 aliphatic rings. The number of urea groups is 1. The lowest BCUT2D eigenvalue weighted by atomic mass is 10.2. The van der Waals surface area contributed by atoms with Crippen LogP contribution in [0.5, 0.6) is 11.5 Å². The highest BCUT2D eigenvalue weighted by molar-refractivity contribution is 5.89. The summed E-state index contributed by atoms with van der Waals surface area (Å²) in [6.07, 6.45) is 0.900. The number of para-hydroxylation sites is 1. The third-order valence-corrected chi connectivity index (χ3v) is 3.08. The van der Waals surface area contributed by atoms with Gasteiger partial charge in [-0.1, -0.05) is 25.1 Å². The van der Waals surface area contributed by atoms with Crippen LogP contribution in [0.3, 0.4) is 0 Å². The number of anilines is 1. The summed E-state index contributed by atoms with van der Waals surface area (Å²) in [6.45, 7) is 4.00. The third-order valence-electron chi connectivity index (χ3n) is 3.08. The number of amides is 2. The van der Waals surface area contributed by atoms with Gasteiger partial charge in [-0.2, -0.15) is 0 Å². The molecule has 0 saturated carbocycles. The summed E-state index contributed by atoms with van der Waals surface area (Å²) in [5, 5.41) is 5.64.